The molecular weight excluding hydrogens is 378 g/mol. The van der Waals surface area contributed by atoms with Gasteiger partial charge in [0, 0.05) is 11.6 Å². The molecule has 1 N–H and O–H groups in total. The first-order valence-electron chi connectivity index (χ1n) is 9.76. The number of fused-ring (bicyclic) bond motifs is 1. The van der Waals surface area contributed by atoms with Crippen molar-refractivity contribution in [3.63, 3.8) is 0 Å². The van der Waals surface area contributed by atoms with E-state index >= 15 is 0 Å². The molecular formula is C24H25N3O3. The van der Waals surface area contributed by atoms with Gasteiger partial charge in [-0.1, -0.05) is 61.2 Å². The molecule has 0 fully saturated rings. The standard InChI is InChI=1S/C24H25N3O3/c1-5-6-8-11-17(4)21(18-12-9-7-10-13-18)19-15-26(16(2)3)24(30)22-23(29)20(28)14-25-27(19)22/h5-14,16,29H,4,15H2,1-3H3/b6-5-,11-8-,21-19+. The zero-order chi connectivity index (χ0) is 21.8. The minimum absolute atomic E-state index is 0.129. The van der Waals surface area contributed by atoms with Crippen LogP contribution in [0.3, 0.4) is 0 Å². The summed E-state index contributed by atoms with van der Waals surface area (Å²) in [6, 6.07) is 9.53. The summed E-state index contributed by atoms with van der Waals surface area (Å²) in [5.74, 6) is -1.03. The minimum atomic E-state index is -0.687. The number of rotatable bonds is 5. The predicted octanol–water partition coefficient (Wildman–Crippen LogP) is 3.87. The van der Waals surface area contributed by atoms with Gasteiger partial charge in [0.05, 0.1) is 18.4 Å². The van der Waals surface area contributed by atoms with Crippen LogP contribution in [0.2, 0.25) is 0 Å². The van der Waals surface area contributed by atoms with Crippen LogP contribution in [0.4, 0.5) is 0 Å². The Kier molecular flexibility index (Phi) is 6.16. The maximum atomic E-state index is 13.0. The molecule has 6 nitrogen and oxygen atoms in total. The summed E-state index contributed by atoms with van der Waals surface area (Å²) in [6.07, 6.45) is 8.61. The van der Waals surface area contributed by atoms with Gasteiger partial charge in [0.2, 0.25) is 5.43 Å². The molecule has 6 heteroatoms. The number of benzene rings is 1. The van der Waals surface area contributed by atoms with Crippen LogP contribution in [-0.4, -0.2) is 38.3 Å². The first kappa shape index (κ1) is 21.0. The van der Waals surface area contributed by atoms with Crippen LogP contribution in [0.1, 0.15) is 36.8 Å². The third-order valence-corrected chi connectivity index (χ3v) is 4.90. The van der Waals surface area contributed by atoms with Gasteiger partial charge < -0.3 is 10.0 Å². The minimum Gasteiger partial charge on any atom is -0.502 e. The molecule has 154 valence electrons. The fourth-order valence-electron chi connectivity index (χ4n) is 3.39. The molecule has 0 radical (unpaired) electrons. The number of carbonyl (C=O) groups is 1. The van der Waals surface area contributed by atoms with E-state index in [4.69, 9.17) is 0 Å². The Bertz CT molecular complexity index is 1120. The predicted molar refractivity (Wildman–Crippen MR) is 119 cm³/mol. The lowest BCUT2D eigenvalue weighted by Crippen LogP contribution is -2.45. The van der Waals surface area contributed by atoms with Crippen molar-refractivity contribution in [2.75, 3.05) is 6.54 Å². The van der Waals surface area contributed by atoms with Crippen molar-refractivity contribution in [2.24, 2.45) is 0 Å². The lowest BCUT2D eigenvalue weighted by molar-refractivity contribution is 0.0696. The summed E-state index contributed by atoms with van der Waals surface area (Å²) in [5, 5.41) is 14.6. The fourth-order valence-corrected chi connectivity index (χ4v) is 3.39. The third-order valence-electron chi connectivity index (χ3n) is 4.90. The maximum absolute atomic E-state index is 13.0. The second-order valence-corrected chi connectivity index (χ2v) is 7.24. The number of hydrogen-bond acceptors (Lipinski definition) is 4. The van der Waals surface area contributed by atoms with Crippen molar-refractivity contribution in [1.82, 2.24) is 14.7 Å². The van der Waals surface area contributed by atoms with E-state index in [0.717, 1.165) is 22.9 Å². The van der Waals surface area contributed by atoms with Crippen molar-refractivity contribution in [3.05, 3.63) is 94.5 Å². The molecule has 0 spiro atoms. The summed E-state index contributed by atoms with van der Waals surface area (Å²) < 4.78 is 1.37. The van der Waals surface area contributed by atoms with Crippen molar-refractivity contribution < 1.29 is 9.90 Å². The van der Waals surface area contributed by atoms with Crippen molar-refractivity contribution in [1.29, 1.82) is 0 Å². The molecule has 0 unspecified atom stereocenters. The number of amides is 1. The van der Waals surface area contributed by atoms with Gasteiger partial charge in [0.25, 0.3) is 5.91 Å². The fraction of sp³-hybridized carbons (Fsp3) is 0.208. The Balaban J connectivity index is 2.36. The lowest BCUT2D eigenvalue weighted by Gasteiger charge is -2.35. The highest BCUT2D eigenvalue weighted by atomic mass is 16.3. The van der Waals surface area contributed by atoms with Crippen LogP contribution in [0.15, 0.2) is 77.8 Å². The summed E-state index contributed by atoms with van der Waals surface area (Å²) >= 11 is 0. The van der Waals surface area contributed by atoms with Crippen LogP contribution < -0.4 is 5.43 Å². The maximum Gasteiger partial charge on any atom is 0.277 e. The summed E-state index contributed by atoms with van der Waals surface area (Å²) in [4.78, 5) is 26.6. The number of hydrogen-bond donors (Lipinski definition) is 1. The van der Waals surface area contributed by atoms with Crippen molar-refractivity contribution >= 4 is 17.2 Å². The quantitative estimate of drug-likeness (QED) is 0.769. The average molecular weight is 403 g/mol. The number of aromatic hydroxyl groups is 1. The topological polar surface area (TPSA) is 75.4 Å². The highest BCUT2D eigenvalue weighted by molar-refractivity contribution is 6.03. The van der Waals surface area contributed by atoms with Crippen LogP contribution >= 0.6 is 0 Å². The number of nitrogens with zero attached hydrogens (tertiary/aromatic N) is 3. The van der Waals surface area contributed by atoms with Crippen molar-refractivity contribution in [3.8, 4) is 5.75 Å². The van der Waals surface area contributed by atoms with Gasteiger partial charge in [-0.25, -0.2) is 4.68 Å². The molecule has 1 aliphatic heterocycles. The molecule has 2 heterocycles. The first-order valence-corrected chi connectivity index (χ1v) is 9.76. The first-order chi connectivity index (χ1) is 14.4. The van der Waals surface area contributed by atoms with E-state index in [-0.39, 0.29) is 18.3 Å². The molecule has 0 atom stereocenters. The molecule has 30 heavy (non-hydrogen) atoms. The van der Waals surface area contributed by atoms with E-state index < -0.39 is 17.1 Å². The highest BCUT2D eigenvalue weighted by Gasteiger charge is 2.34. The molecule has 0 bridgehead atoms. The summed E-state index contributed by atoms with van der Waals surface area (Å²) in [5.41, 5.74) is 2.25. The Morgan fingerprint density at radius 2 is 1.90 bits per heavy atom. The van der Waals surface area contributed by atoms with E-state index in [9.17, 15) is 14.7 Å². The van der Waals surface area contributed by atoms with Gasteiger partial charge in [-0.2, -0.15) is 5.10 Å². The van der Waals surface area contributed by atoms with Crippen LogP contribution in [0, 0.1) is 0 Å². The SMILES string of the molecule is C=C(/C=C\C=C/C)/C(=C1/CN(C(C)C)C(=O)c2c(O)c(=O)cnn21)c1ccccc1. The molecule has 1 aromatic heterocycles. The average Bonchev–Trinajstić information content (AvgIpc) is 2.73. The van der Waals surface area contributed by atoms with Crippen LogP contribution in [0.5, 0.6) is 5.75 Å². The molecule has 0 saturated heterocycles. The zero-order valence-corrected chi connectivity index (χ0v) is 17.4. The van der Waals surface area contributed by atoms with Gasteiger partial charge >= 0.3 is 0 Å². The molecule has 1 aromatic carbocycles. The third kappa shape index (κ3) is 3.89. The van der Waals surface area contributed by atoms with E-state index in [1.54, 1.807) is 4.90 Å². The smallest absolute Gasteiger partial charge is 0.277 e. The Morgan fingerprint density at radius 1 is 1.20 bits per heavy atom. The summed E-state index contributed by atoms with van der Waals surface area (Å²) in [7, 11) is 0. The Hall–Kier alpha value is -3.67. The molecule has 1 aliphatic rings. The van der Waals surface area contributed by atoms with Gasteiger partial charge in [-0.05, 0) is 31.9 Å². The van der Waals surface area contributed by atoms with Crippen LogP contribution in [0.25, 0.3) is 11.3 Å². The number of aromatic nitrogens is 2. The van der Waals surface area contributed by atoms with Gasteiger partial charge in [0.15, 0.2) is 11.4 Å². The molecule has 0 saturated carbocycles. The zero-order valence-electron chi connectivity index (χ0n) is 17.4. The number of carbonyl (C=O) groups excluding carboxylic acids is 1. The van der Waals surface area contributed by atoms with Crippen molar-refractivity contribution in [2.45, 2.75) is 26.8 Å². The van der Waals surface area contributed by atoms with E-state index in [1.165, 1.54) is 4.68 Å². The molecule has 3 rings (SSSR count). The molecule has 1 amide bonds. The molecule has 0 aliphatic carbocycles. The monoisotopic (exact) mass is 403 g/mol. The Labute approximate surface area is 175 Å². The van der Waals surface area contributed by atoms with Gasteiger partial charge in [0.1, 0.15) is 0 Å². The summed E-state index contributed by atoms with van der Waals surface area (Å²) in [6.45, 7) is 10.2. The highest BCUT2D eigenvalue weighted by Crippen LogP contribution is 2.34. The van der Waals surface area contributed by atoms with Crippen LogP contribution in [-0.2, 0) is 0 Å². The lowest BCUT2D eigenvalue weighted by atomic mass is 9.94. The number of allylic oxidation sites excluding steroid dienone is 6. The van der Waals surface area contributed by atoms with E-state index in [2.05, 4.69) is 11.7 Å². The second-order valence-electron chi connectivity index (χ2n) is 7.24. The van der Waals surface area contributed by atoms with Gasteiger partial charge in [-0.3, -0.25) is 9.59 Å². The normalized spacial score (nSPS) is 15.9. The van der Waals surface area contributed by atoms with E-state index in [0.29, 0.717) is 5.70 Å². The van der Waals surface area contributed by atoms with E-state index in [1.807, 2.05) is 75.4 Å². The van der Waals surface area contributed by atoms with Gasteiger partial charge in [-0.15, -0.1) is 0 Å². The Morgan fingerprint density at radius 3 is 2.53 bits per heavy atom. The largest absolute Gasteiger partial charge is 0.502 e. The second kappa shape index (κ2) is 8.78. The molecule has 2 aromatic rings.